The Hall–Kier alpha value is -5.40. The summed E-state index contributed by atoms with van der Waals surface area (Å²) in [6, 6.07) is 61.8. The van der Waals surface area contributed by atoms with E-state index in [0.29, 0.717) is 0 Å². The number of phenolic OH excluding ortho intramolecular Hbond substituents is 1. The largest absolute Gasteiger partial charge is 0.506 e. The SMILES string of the molecule is Oc1ccccc1N(Pc1ccc(POc2ccccc2Nc2cccc(-c3ccccc3)c2)cc1)c1cccc(-c2ccccc2)c1. The number of hydrogen-bond donors (Lipinski definition) is 2. The first-order valence-corrected chi connectivity index (χ1v) is 17.6. The number of nitrogens with zero attached hydrogens (tertiary/aromatic N) is 1. The van der Waals surface area contributed by atoms with E-state index >= 15 is 0 Å². The van der Waals surface area contributed by atoms with Crippen LogP contribution in [0.4, 0.5) is 22.7 Å². The molecule has 0 heterocycles. The van der Waals surface area contributed by atoms with Gasteiger partial charge in [0.05, 0.1) is 11.4 Å². The van der Waals surface area contributed by atoms with Gasteiger partial charge in [0.25, 0.3) is 0 Å². The monoisotopic (exact) mass is 660 g/mol. The van der Waals surface area contributed by atoms with E-state index in [1.54, 1.807) is 6.07 Å². The molecule has 7 aromatic carbocycles. The third-order valence-electron chi connectivity index (χ3n) is 7.87. The molecule has 0 saturated heterocycles. The molecule has 7 aromatic rings. The Labute approximate surface area is 285 Å². The van der Waals surface area contributed by atoms with Crippen LogP contribution in [0.1, 0.15) is 0 Å². The highest BCUT2D eigenvalue weighted by Crippen LogP contribution is 2.42. The number of rotatable bonds is 11. The van der Waals surface area contributed by atoms with Crippen LogP contribution in [0.2, 0.25) is 0 Å². The van der Waals surface area contributed by atoms with Gasteiger partial charge in [0.15, 0.2) is 0 Å². The van der Waals surface area contributed by atoms with Crippen molar-refractivity contribution >= 4 is 50.9 Å². The Morgan fingerprint density at radius 2 is 1.08 bits per heavy atom. The lowest BCUT2D eigenvalue weighted by Crippen LogP contribution is -2.12. The fourth-order valence-electron chi connectivity index (χ4n) is 5.45. The fourth-order valence-corrected chi connectivity index (χ4v) is 7.31. The van der Waals surface area contributed by atoms with Gasteiger partial charge in [-0.05, 0) is 76.1 Å². The molecule has 2 N–H and O–H groups in total. The van der Waals surface area contributed by atoms with Crippen LogP contribution in [0.3, 0.4) is 0 Å². The first kappa shape index (κ1) is 31.2. The van der Waals surface area contributed by atoms with Crippen molar-refractivity contribution < 1.29 is 9.63 Å². The van der Waals surface area contributed by atoms with E-state index in [1.165, 1.54) is 5.56 Å². The zero-order valence-corrected chi connectivity index (χ0v) is 28.1. The summed E-state index contributed by atoms with van der Waals surface area (Å²) >= 11 is 0. The van der Waals surface area contributed by atoms with Gasteiger partial charge in [-0.3, -0.25) is 0 Å². The van der Waals surface area contributed by atoms with Gasteiger partial charge in [-0.2, -0.15) is 0 Å². The smallest absolute Gasteiger partial charge is 0.146 e. The molecule has 0 spiro atoms. The van der Waals surface area contributed by atoms with Crippen molar-refractivity contribution in [2.24, 2.45) is 0 Å². The van der Waals surface area contributed by atoms with Gasteiger partial charge in [-0.1, -0.05) is 133 Å². The number of anilines is 4. The van der Waals surface area contributed by atoms with Crippen LogP contribution in [-0.2, 0) is 0 Å². The van der Waals surface area contributed by atoms with Crippen molar-refractivity contribution in [2.45, 2.75) is 0 Å². The Balaban J connectivity index is 1.06. The molecule has 0 radical (unpaired) electrons. The summed E-state index contributed by atoms with van der Waals surface area (Å²) in [5.74, 6) is 1.05. The summed E-state index contributed by atoms with van der Waals surface area (Å²) in [6.45, 7) is 0. The molecule has 0 amide bonds. The van der Waals surface area contributed by atoms with Crippen LogP contribution >= 0.6 is 17.5 Å². The zero-order valence-electron chi connectivity index (χ0n) is 26.1. The molecule has 7 rings (SSSR count). The summed E-state index contributed by atoms with van der Waals surface area (Å²) in [4.78, 5) is 0. The highest BCUT2D eigenvalue weighted by Gasteiger charge is 2.15. The molecule has 0 fully saturated rings. The second-order valence-electron chi connectivity index (χ2n) is 11.2. The van der Waals surface area contributed by atoms with E-state index in [9.17, 15) is 5.11 Å². The van der Waals surface area contributed by atoms with E-state index in [0.717, 1.165) is 55.8 Å². The van der Waals surface area contributed by atoms with Crippen molar-refractivity contribution in [3.05, 3.63) is 182 Å². The molecule has 0 aromatic heterocycles. The van der Waals surface area contributed by atoms with Gasteiger partial charge < -0.3 is 19.6 Å². The molecule has 0 aliphatic heterocycles. The predicted molar refractivity (Wildman–Crippen MR) is 207 cm³/mol. The van der Waals surface area contributed by atoms with Crippen LogP contribution in [0.5, 0.6) is 11.5 Å². The van der Waals surface area contributed by atoms with Crippen molar-refractivity contribution in [1.29, 1.82) is 0 Å². The molecule has 2 atom stereocenters. The number of phenols is 1. The zero-order chi connectivity index (χ0) is 32.5. The van der Waals surface area contributed by atoms with Crippen LogP contribution < -0.4 is 25.1 Å². The Bertz CT molecular complexity index is 2110. The first-order chi connectivity index (χ1) is 23.7. The lowest BCUT2D eigenvalue weighted by molar-refractivity contribution is 0.477. The van der Waals surface area contributed by atoms with Gasteiger partial charge >= 0.3 is 0 Å². The molecule has 4 nitrogen and oxygen atoms in total. The number of benzene rings is 7. The van der Waals surface area contributed by atoms with E-state index < -0.39 is 0 Å². The Morgan fingerprint density at radius 3 is 1.81 bits per heavy atom. The molecular weight excluding hydrogens is 626 g/mol. The molecule has 0 saturated carbocycles. The lowest BCUT2D eigenvalue weighted by atomic mass is 10.1. The highest BCUT2D eigenvalue weighted by molar-refractivity contribution is 7.49. The number of aromatic hydroxyl groups is 1. The van der Waals surface area contributed by atoms with Gasteiger partial charge in [-0.25, -0.2) is 0 Å². The molecule has 6 heteroatoms. The molecule has 0 aliphatic rings. The maximum atomic E-state index is 10.9. The van der Waals surface area contributed by atoms with Crippen LogP contribution in [0.15, 0.2) is 182 Å². The number of hydrogen-bond acceptors (Lipinski definition) is 4. The topological polar surface area (TPSA) is 44.7 Å². The minimum absolute atomic E-state index is 0.142. The van der Waals surface area contributed by atoms with E-state index in [-0.39, 0.29) is 23.3 Å². The summed E-state index contributed by atoms with van der Waals surface area (Å²) < 4.78 is 8.55. The third kappa shape index (κ3) is 7.59. The molecule has 0 aliphatic carbocycles. The standard InChI is InChI=1S/C42H34N2O2P2/c45-41-23-9-8-22-40(41)44(36-20-12-18-34(30-36)32-15-5-2-6-16-32)47-37-25-27-38(28-26-37)48-46-42-24-10-7-21-39(42)43-35-19-11-17-33(29-35)31-13-3-1-4-14-31/h1-30,43,45,47-48H. The lowest BCUT2D eigenvalue weighted by Gasteiger charge is -2.26. The summed E-state index contributed by atoms with van der Waals surface area (Å²) in [5, 5.41) is 16.7. The summed E-state index contributed by atoms with van der Waals surface area (Å²) in [5.41, 5.74) is 8.34. The number of nitrogens with one attached hydrogen (secondary N) is 1. The van der Waals surface area contributed by atoms with Gasteiger partial charge in [0.1, 0.15) is 20.3 Å². The normalized spacial score (nSPS) is 11.2. The Morgan fingerprint density at radius 1 is 0.500 bits per heavy atom. The molecular formula is C42H34N2O2P2. The molecule has 2 unspecified atom stereocenters. The average Bonchev–Trinajstić information content (AvgIpc) is 3.15. The Kier molecular flexibility index (Phi) is 9.76. The summed E-state index contributed by atoms with van der Waals surface area (Å²) in [6.07, 6.45) is 0. The van der Waals surface area contributed by atoms with E-state index in [4.69, 9.17) is 4.52 Å². The van der Waals surface area contributed by atoms with E-state index in [1.807, 2.05) is 54.6 Å². The predicted octanol–water partition coefficient (Wildman–Crippen LogP) is 10.8. The highest BCUT2D eigenvalue weighted by atomic mass is 31.1. The maximum absolute atomic E-state index is 10.9. The second-order valence-corrected chi connectivity index (χ2v) is 13.4. The van der Waals surface area contributed by atoms with Gasteiger partial charge in [-0.15, -0.1) is 0 Å². The minimum Gasteiger partial charge on any atom is -0.506 e. The quantitative estimate of drug-likeness (QED) is 0.136. The van der Waals surface area contributed by atoms with Crippen molar-refractivity contribution in [1.82, 2.24) is 0 Å². The third-order valence-corrected chi connectivity index (χ3v) is 10.1. The van der Waals surface area contributed by atoms with Crippen LogP contribution in [-0.4, -0.2) is 5.11 Å². The van der Waals surface area contributed by atoms with Crippen molar-refractivity contribution in [3.63, 3.8) is 0 Å². The molecule has 234 valence electrons. The number of para-hydroxylation sites is 4. The molecule has 48 heavy (non-hydrogen) atoms. The molecule has 0 bridgehead atoms. The maximum Gasteiger partial charge on any atom is 0.146 e. The average molecular weight is 661 g/mol. The fraction of sp³-hybridized carbons (Fsp3) is 0. The minimum atomic E-state index is 0.142. The van der Waals surface area contributed by atoms with Crippen molar-refractivity contribution in [2.75, 3.05) is 9.99 Å². The second kappa shape index (κ2) is 15.0. The first-order valence-electron chi connectivity index (χ1n) is 15.7. The summed E-state index contributed by atoms with van der Waals surface area (Å²) in [7, 11) is 0.410. The van der Waals surface area contributed by atoms with Gasteiger partial charge in [0.2, 0.25) is 0 Å². The van der Waals surface area contributed by atoms with Crippen LogP contribution in [0, 0.1) is 0 Å². The van der Waals surface area contributed by atoms with Crippen molar-refractivity contribution in [3.8, 4) is 33.8 Å². The van der Waals surface area contributed by atoms with E-state index in [2.05, 4.69) is 131 Å². The van der Waals surface area contributed by atoms with Gasteiger partial charge in [0, 0.05) is 25.4 Å². The van der Waals surface area contributed by atoms with Crippen LogP contribution in [0.25, 0.3) is 22.3 Å².